The van der Waals surface area contributed by atoms with E-state index in [1.807, 2.05) is 42.5 Å². The summed E-state index contributed by atoms with van der Waals surface area (Å²) in [5.74, 6) is 0.808. The Morgan fingerprint density at radius 3 is 2.86 bits per heavy atom. The first kappa shape index (κ1) is 14.4. The topological polar surface area (TPSA) is 41.1 Å². The van der Waals surface area contributed by atoms with E-state index in [-0.39, 0.29) is 11.9 Å². The molecule has 1 aliphatic rings. The first-order valence-electron chi connectivity index (χ1n) is 6.67. The number of hydrogen-bond donors (Lipinski definition) is 2. The second kappa shape index (κ2) is 6.10. The van der Waals surface area contributed by atoms with E-state index < -0.39 is 0 Å². The third-order valence-corrected chi connectivity index (χ3v) is 4.91. The zero-order valence-electron chi connectivity index (χ0n) is 11.5. The lowest BCUT2D eigenvalue weighted by molar-refractivity contribution is -0.117. The third-order valence-electron chi connectivity index (χ3n) is 3.50. The fourth-order valence-corrected chi connectivity index (χ4v) is 3.62. The lowest BCUT2D eigenvalue weighted by Crippen LogP contribution is -2.23. The van der Waals surface area contributed by atoms with E-state index in [2.05, 4.69) is 10.6 Å². The summed E-state index contributed by atoms with van der Waals surface area (Å²) < 4.78 is 0. The molecule has 1 amide bonds. The van der Waals surface area contributed by atoms with Crippen molar-refractivity contribution in [1.29, 1.82) is 0 Å². The van der Waals surface area contributed by atoms with Crippen LogP contribution in [0.4, 0.5) is 5.69 Å². The maximum Gasteiger partial charge on any atom is 0.246 e. The van der Waals surface area contributed by atoms with Gasteiger partial charge in [0.1, 0.15) is 6.04 Å². The number of nitrogens with one attached hydrogen (secondary N) is 2. The van der Waals surface area contributed by atoms with Gasteiger partial charge in [-0.15, -0.1) is 11.8 Å². The van der Waals surface area contributed by atoms with E-state index in [0.29, 0.717) is 0 Å². The van der Waals surface area contributed by atoms with Gasteiger partial charge in [-0.2, -0.15) is 0 Å². The number of carbonyl (C=O) groups is 1. The maximum absolute atomic E-state index is 11.8. The van der Waals surface area contributed by atoms with Crippen molar-refractivity contribution in [2.24, 2.45) is 0 Å². The van der Waals surface area contributed by atoms with Crippen LogP contribution in [0.3, 0.4) is 0 Å². The van der Waals surface area contributed by atoms with E-state index in [1.165, 1.54) is 0 Å². The van der Waals surface area contributed by atoms with Crippen molar-refractivity contribution in [2.45, 2.75) is 16.7 Å². The minimum atomic E-state index is -0.248. The Balaban J connectivity index is 1.76. The molecule has 1 unspecified atom stereocenters. The smallest absolute Gasteiger partial charge is 0.246 e. The van der Waals surface area contributed by atoms with Gasteiger partial charge in [0, 0.05) is 26.9 Å². The van der Waals surface area contributed by atoms with Crippen LogP contribution in [-0.4, -0.2) is 13.0 Å². The fraction of sp³-hybridized carbons (Fsp3) is 0.188. The van der Waals surface area contributed by atoms with Crippen LogP contribution in [0.15, 0.2) is 47.4 Å². The third kappa shape index (κ3) is 2.93. The lowest BCUT2D eigenvalue weighted by Gasteiger charge is -2.08. The monoisotopic (exact) mass is 318 g/mol. The molecule has 2 aromatic carbocycles. The predicted molar refractivity (Wildman–Crippen MR) is 87.9 cm³/mol. The average Bonchev–Trinajstić information content (AvgIpc) is 2.80. The van der Waals surface area contributed by atoms with Crippen molar-refractivity contribution in [3.8, 4) is 0 Å². The molecule has 0 radical (unpaired) electrons. The van der Waals surface area contributed by atoms with Gasteiger partial charge in [-0.3, -0.25) is 4.79 Å². The number of carbonyl (C=O) groups excluding carboxylic acids is 1. The highest BCUT2D eigenvalue weighted by Crippen LogP contribution is 2.35. The van der Waals surface area contributed by atoms with E-state index >= 15 is 0 Å². The highest BCUT2D eigenvalue weighted by molar-refractivity contribution is 7.98. The van der Waals surface area contributed by atoms with Crippen molar-refractivity contribution in [2.75, 3.05) is 12.4 Å². The molecule has 0 fully saturated rings. The summed E-state index contributed by atoms with van der Waals surface area (Å²) in [5.41, 5.74) is 3.01. The van der Waals surface area contributed by atoms with Crippen molar-refractivity contribution in [3.05, 3.63) is 58.6 Å². The number of rotatable bonds is 4. The summed E-state index contributed by atoms with van der Waals surface area (Å²) in [7, 11) is 1.79. The standard InChI is InChI=1S/C16H15ClN2OS/c1-18-15-12-7-6-11(8-14(12)19-16(15)20)21-9-10-4-2-3-5-13(10)17/h2-8,15,18H,9H2,1H3,(H,19,20). The molecule has 3 rings (SSSR count). The molecule has 0 saturated carbocycles. The first-order chi connectivity index (χ1) is 10.2. The minimum Gasteiger partial charge on any atom is -0.324 e. The van der Waals surface area contributed by atoms with Gasteiger partial charge in [-0.25, -0.2) is 0 Å². The number of halogens is 1. The molecule has 2 N–H and O–H groups in total. The van der Waals surface area contributed by atoms with Crippen molar-refractivity contribution in [1.82, 2.24) is 5.32 Å². The summed E-state index contributed by atoms with van der Waals surface area (Å²) in [6.45, 7) is 0. The molecule has 3 nitrogen and oxygen atoms in total. The van der Waals surface area contributed by atoms with E-state index in [9.17, 15) is 4.79 Å². The number of anilines is 1. The van der Waals surface area contributed by atoms with Crippen molar-refractivity contribution in [3.63, 3.8) is 0 Å². The van der Waals surface area contributed by atoms with Gasteiger partial charge >= 0.3 is 0 Å². The predicted octanol–water partition coefficient (Wildman–Crippen LogP) is 3.84. The van der Waals surface area contributed by atoms with Gasteiger partial charge in [0.2, 0.25) is 5.91 Å². The number of amides is 1. The van der Waals surface area contributed by atoms with E-state index in [1.54, 1.807) is 18.8 Å². The fourth-order valence-electron chi connectivity index (χ4n) is 2.39. The quantitative estimate of drug-likeness (QED) is 0.841. The molecule has 0 saturated heterocycles. The van der Waals surface area contributed by atoms with Crippen LogP contribution in [0, 0.1) is 0 Å². The highest BCUT2D eigenvalue weighted by Gasteiger charge is 2.28. The van der Waals surface area contributed by atoms with Gasteiger partial charge in [0.05, 0.1) is 0 Å². The molecule has 0 aliphatic carbocycles. The molecule has 1 heterocycles. The summed E-state index contributed by atoms with van der Waals surface area (Å²) in [6.07, 6.45) is 0. The van der Waals surface area contributed by atoms with Crippen LogP contribution in [0.1, 0.15) is 17.2 Å². The highest BCUT2D eigenvalue weighted by atomic mass is 35.5. The Morgan fingerprint density at radius 1 is 1.29 bits per heavy atom. The summed E-state index contributed by atoms with van der Waals surface area (Å²) in [5, 5.41) is 6.71. The zero-order valence-corrected chi connectivity index (χ0v) is 13.1. The normalized spacial score (nSPS) is 16.7. The van der Waals surface area contributed by atoms with Crippen LogP contribution >= 0.6 is 23.4 Å². The second-order valence-corrected chi connectivity index (χ2v) is 6.30. The van der Waals surface area contributed by atoms with Crippen molar-refractivity contribution >= 4 is 35.0 Å². The molecule has 0 aromatic heterocycles. The lowest BCUT2D eigenvalue weighted by atomic mass is 10.1. The molecule has 1 aliphatic heterocycles. The summed E-state index contributed by atoms with van der Waals surface area (Å²) >= 11 is 7.87. The molecule has 0 spiro atoms. The average molecular weight is 319 g/mol. The van der Waals surface area contributed by atoms with Crippen LogP contribution in [0.25, 0.3) is 0 Å². The van der Waals surface area contributed by atoms with Crippen LogP contribution < -0.4 is 10.6 Å². The van der Waals surface area contributed by atoms with Crippen molar-refractivity contribution < 1.29 is 4.79 Å². The van der Waals surface area contributed by atoms with E-state index in [0.717, 1.165) is 32.5 Å². The van der Waals surface area contributed by atoms with E-state index in [4.69, 9.17) is 11.6 Å². The SMILES string of the molecule is CNC1C(=O)Nc2cc(SCc3ccccc3Cl)ccc21. The molecule has 0 bridgehead atoms. The molecular weight excluding hydrogens is 304 g/mol. The van der Waals surface area contributed by atoms with Crippen LogP contribution in [0.2, 0.25) is 5.02 Å². The van der Waals surface area contributed by atoms with Crippen LogP contribution in [-0.2, 0) is 10.5 Å². The Hall–Kier alpha value is -1.49. The molecule has 5 heteroatoms. The minimum absolute atomic E-state index is 0.000698. The van der Waals surface area contributed by atoms with Gasteiger partial charge in [0.15, 0.2) is 0 Å². The number of fused-ring (bicyclic) bond motifs is 1. The molecular formula is C16H15ClN2OS. The number of thioether (sulfide) groups is 1. The summed E-state index contributed by atoms with van der Waals surface area (Å²) in [4.78, 5) is 12.9. The number of likely N-dealkylation sites (N-methyl/N-ethyl adjacent to an activating group) is 1. The van der Waals surface area contributed by atoms with Gasteiger partial charge < -0.3 is 10.6 Å². The Bertz CT molecular complexity index is 690. The van der Waals surface area contributed by atoms with Gasteiger partial charge in [0.25, 0.3) is 0 Å². The first-order valence-corrected chi connectivity index (χ1v) is 8.03. The molecule has 2 aromatic rings. The Kier molecular flexibility index (Phi) is 4.19. The zero-order chi connectivity index (χ0) is 14.8. The van der Waals surface area contributed by atoms with Gasteiger partial charge in [-0.1, -0.05) is 35.9 Å². The molecule has 21 heavy (non-hydrogen) atoms. The second-order valence-electron chi connectivity index (χ2n) is 4.84. The number of benzene rings is 2. The largest absolute Gasteiger partial charge is 0.324 e. The maximum atomic E-state index is 11.8. The molecule has 108 valence electrons. The molecule has 1 atom stereocenters. The number of hydrogen-bond acceptors (Lipinski definition) is 3. The Labute approximate surface area is 133 Å². The summed E-state index contributed by atoms with van der Waals surface area (Å²) in [6, 6.07) is 13.7. The van der Waals surface area contributed by atoms with Crippen LogP contribution in [0.5, 0.6) is 0 Å². The van der Waals surface area contributed by atoms with Gasteiger partial charge in [-0.05, 0) is 30.8 Å². The Morgan fingerprint density at radius 2 is 2.10 bits per heavy atom.